The first-order valence-electron chi connectivity index (χ1n) is 6.96. The highest BCUT2D eigenvalue weighted by Crippen LogP contribution is 2.21. The lowest BCUT2D eigenvalue weighted by Gasteiger charge is -2.02. The fourth-order valence-electron chi connectivity index (χ4n) is 2.22. The fourth-order valence-corrected chi connectivity index (χ4v) is 2.22. The molecular formula is C18H13NO4. The predicted octanol–water partition coefficient (Wildman–Crippen LogP) is 3.04. The molecule has 2 aromatic rings. The molecule has 23 heavy (non-hydrogen) atoms. The first-order valence-corrected chi connectivity index (χ1v) is 6.96. The normalized spacial score (nSPS) is 15.4. The molecule has 0 aliphatic carbocycles. The van der Waals surface area contributed by atoms with Crippen molar-refractivity contribution >= 4 is 23.9 Å². The highest BCUT2D eigenvalue weighted by Gasteiger charge is 2.24. The third-order valence-corrected chi connectivity index (χ3v) is 3.46. The standard InChI is InChI=1S/C18H13NO4/c1-11-4-2-3-5-14(11)16-19-15(18(22)23-16)10-12-6-8-13(9-7-12)17(20)21/h2-10H,1H3,(H,20,21)/b15-10+. The van der Waals surface area contributed by atoms with Gasteiger partial charge in [-0.1, -0.05) is 30.3 Å². The molecule has 3 rings (SSSR count). The number of aryl methyl sites for hydroxylation is 1. The van der Waals surface area contributed by atoms with E-state index in [2.05, 4.69) is 4.99 Å². The number of aromatic carboxylic acids is 1. The van der Waals surface area contributed by atoms with Crippen LogP contribution in [0.1, 0.15) is 27.0 Å². The molecule has 0 radical (unpaired) electrons. The van der Waals surface area contributed by atoms with Gasteiger partial charge in [0.25, 0.3) is 0 Å². The van der Waals surface area contributed by atoms with E-state index in [4.69, 9.17) is 9.84 Å². The zero-order valence-corrected chi connectivity index (χ0v) is 12.3. The van der Waals surface area contributed by atoms with E-state index in [-0.39, 0.29) is 17.2 Å². The van der Waals surface area contributed by atoms with Gasteiger partial charge in [0.1, 0.15) is 0 Å². The second kappa shape index (κ2) is 5.88. The van der Waals surface area contributed by atoms with Gasteiger partial charge in [-0.3, -0.25) is 0 Å². The van der Waals surface area contributed by atoms with Gasteiger partial charge in [-0.25, -0.2) is 14.6 Å². The van der Waals surface area contributed by atoms with Crippen LogP contribution in [0.4, 0.5) is 0 Å². The summed E-state index contributed by atoms with van der Waals surface area (Å²) in [4.78, 5) is 27.0. The zero-order chi connectivity index (χ0) is 16.4. The van der Waals surface area contributed by atoms with Gasteiger partial charge < -0.3 is 9.84 Å². The summed E-state index contributed by atoms with van der Waals surface area (Å²) in [6, 6.07) is 13.7. The number of ether oxygens (including phenoxy) is 1. The minimum absolute atomic E-state index is 0.185. The number of rotatable bonds is 3. The molecule has 0 spiro atoms. The van der Waals surface area contributed by atoms with Crippen LogP contribution in [0.3, 0.4) is 0 Å². The van der Waals surface area contributed by atoms with Crippen molar-refractivity contribution in [2.75, 3.05) is 0 Å². The second-order valence-electron chi connectivity index (χ2n) is 5.08. The summed E-state index contributed by atoms with van der Waals surface area (Å²) in [5.41, 5.74) is 2.78. The van der Waals surface area contributed by atoms with E-state index in [1.807, 2.05) is 31.2 Å². The third-order valence-electron chi connectivity index (χ3n) is 3.46. The summed E-state index contributed by atoms with van der Waals surface area (Å²) in [6.07, 6.45) is 1.57. The van der Waals surface area contributed by atoms with Crippen molar-refractivity contribution in [2.45, 2.75) is 6.92 Å². The molecule has 2 aromatic carbocycles. The fraction of sp³-hybridized carbons (Fsp3) is 0.0556. The Morgan fingerprint density at radius 2 is 1.83 bits per heavy atom. The van der Waals surface area contributed by atoms with Gasteiger partial charge in [0, 0.05) is 5.56 Å². The van der Waals surface area contributed by atoms with E-state index in [1.54, 1.807) is 18.2 Å². The number of esters is 1. The molecular weight excluding hydrogens is 294 g/mol. The van der Waals surface area contributed by atoms with E-state index < -0.39 is 11.9 Å². The molecule has 1 aliphatic rings. The first-order chi connectivity index (χ1) is 11.0. The maximum Gasteiger partial charge on any atom is 0.363 e. The summed E-state index contributed by atoms with van der Waals surface area (Å²) in [7, 11) is 0. The van der Waals surface area contributed by atoms with Gasteiger partial charge in [0.2, 0.25) is 5.90 Å². The summed E-state index contributed by atoms with van der Waals surface area (Å²) in [5, 5.41) is 8.88. The molecule has 1 N–H and O–H groups in total. The van der Waals surface area contributed by atoms with E-state index in [0.29, 0.717) is 5.56 Å². The number of hydrogen-bond acceptors (Lipinski definition) is 4. The van der Waals surface area contributed by atoms with Crippen LogP contribution < -0.4 is 0 Å². The number of benzene rings is 2. The first kappa shape index (κ1) is 14.7. The van der Waals surface area contributed by atoms with Gasteiger partial charge in [0.05, 0.1) is 5.56 Å². The topological polar surface area (TPSA) is 76.0 Å². The van der Waals surface area contributed by atoms with Crippen LogP contribution in [0.5, 0.6) is 0 Å². The van der Waals surface area contributed by atoms with Gasteiger partial charge >= 0.3 is 11.9 Å². The van der Waals surface area contributed by atoms with Crippen molar-refractivity contribution in [3.8, 4) is 0 Å². The molecule has 0 atom stereocenters. The van der Waals surface area contributed by atoms with Crippen LogP contribution in [-0.2, 0) is 9.53 Å². The smallest absolute Gasteiger partial charge is 0.363 e. The molecule has 1 aliphatic heterocycles. The summed E-state index contributed by atoms with van der Waals surface area (Å²) >= 11 is 0. The van der Waals surface area contributed by atoms with Crippen molar-refractivity contribution in [1.29, 1.82) is 0 Å². The number of hydrogen-bond donors (Lipinski definition) is 1. The summed E-state index contributed by atoms with van der Waals surface area (Å²) in [5.74, 6) is -1.24. The van der Waals surface area contributed by atoms with E-state index in [1.165, 1.54) is 12.1 Å². The maximum absolute atomic E-state index is 11.9. The quantitative estimate of drug-likeness (QED) is 0.698. The average Bonchev–Trinajstić information content (AvgIpc) is 2.89. The van der Waals surface area contributed by atoms with Crippen LogP contribution in [0.2, 0.25) is 0 Å². The van der Waals surface area contributed by atoms with Crippen molar-refractivity contribution in [2.24, 2.45) is 4.99 Å². The predicted molar refractivity (Wildman–Crippen MR) is 85.2 cm³/mol. The van der Waals surface area contributed by atoms with Crippen molar-refractivity contribution in [3.05, 3.63) is 76.5 Å². The SMILES string of the molecule is Cc1ccccc1C1=N/C(=C/c2ccc(C(=O)O)cc2)C(=O)O1. The number of nitrogens with zero attached hydrogens (tertiary/aromatic N) is 1. The molecule has 0 bridgehead atoms. The van der Waals surface area contributed by atoms with Gasteiger partial charge in [-0.2, -0.15) is 0 Å². The van der Waals surface area contributed by atoms with Crippen molar-refractivity contribution < 1.29 is 19.4 Å². The molecule has 1 heterocycles. The molecule has 0 aromatic heterocycles. The van der Waals surface area contributed by atoms with Crippen LogP contribution in [-0.4, -0.2) is 22.9 Å². The van der Waals surface area contributed by atoms with Crippen molar-refractivity contribution in [3.63, 3.8) is 0 Å². The van der Waals surface area contributed by atoms with Crippen LogP contribution in [0.15, 0.2) is 59.2 Å². The average molecular weight is 307 g/mol. The Labute approximate surface area is 132 Å². The van der Waals surface area contributed by atoms with Gasteiger partial charge in [-0.15, -0.1) is 0 Å². The Hall–Kier alpha value is -3.21. The van der Waals surface area contributed by atoms with E-state index in [9.17, 15) is 9.59 Å². The van der Waals surface area contributed by atoms with Gasteiger partial charge in [0.15, 0.2) is 5.70 Å². The zero-order valence-electron chi connectivity index (χ0n) is 12.3. The minimum Gasteiger partial charge on any atom is -0.478 e. The number of carboxylic acid groups (broad SMARTS) is 1. The number of carbonyl (C=O) groups excluding carboxylic acids is 1. The lowest BCUT2D eigenvalue weighted by Crippen LogP contribution is -2.06. The van der Waals surface area contributed by atoms with E-state index >= 15 is 0 Å². The largest absolute Gasteiger partial charge is 0.478 e. The Morgan fingerprint density at radius 1 is 1.13 bits per heavy atom. The molecule has 5 heteroatoms. The number of carboxylic acids is 1. The Balaban J connectivity index is 1.92. The summed E-state index contributed by atoms with van der Waals surface area (Å²) < 4.78 is 5.22. The van der Waals surface area contributed by atoms with Gasteiger partial charge in [-0.05, 0) is 42.3 Å². The Kier molecular flexibility index (Phi) is 3.76. The maximum atomic E-state index is 11.9. The minimum atomic E-state index is -0.996. The molecule has 0 saturated carbocycles. The molecule has 114 valence electrons. The third kappa shape index (κ3) is 3.03. The monoisotopic (exact) mass is 307 g/mol. The highest BCUT2D eigenvalue weighted by molar-refractivity contribution is 6.13. The molecule has 0 unspecified atom stereocenters. The second-order valence-corrected chi connectivity index (χ2v) is 5.08. The van der Waals surface area contributed by atoms with Crippen LogP contribution in [0.25, 0.3) is 6.08 Å². The molecule has 0 saturated heterocycles. The number of carbonyl (C=O) groups is 2. The van der Waals surface area contributed by atoms with E-state index in [0.717, 1.165) is 11.1 Å². The van der Waals surface area contributed by atoms with Crippen LogP contribution >= 0.6 is 0 Å². The number of cyclic esters (lactones) is 1. The molecule has 0 amide bonds. The lowest BCUT2D eigenvalue weighted by atomic mass is 10.1. The van der Waals surface area contributed by atoms with Crippen molar-refractivity contribution in [1.82, 2.24) is 0 Å². The number of aliphatic imine (C=N–C) groups is 1. The molecule has 0 fully saturated rings. The summed E-state index contributed by atoms with van der Waals surface area (Å²) in [6.45, 7) is 1.91. The lowest BCUT2D eigenvalue weighted by molar-refractivity contribution is -0.129. The Morgan fingerprint density at radius 3 is 2.48 bits per heavy atom. The Bertz CT molecular complexity index is 848. The molecule has 5 nitrogen and oxygen atoms in total. The van der Waals surface area contributed by atoms with Crippen LogP contribution in [0, 0.1) is 6.92 Å². The highest BCUT2D eigenvalue weighted by atomic mass is 16.6.